The Morgan fingerprint density at radius 3 is 2.56 bits per heavy atom. The number of alkyl halides is 1. The smallest absolute Gasteiger partial charge is 0.119 e. The van der Waals surface area contributed by atoms with Crippen LogP contribution in [0.25, 0.3) is 0 Å². The summed E-state index contributed by atoms with van der Waals surface area (Å²) in [7, 11) is 0. The van der Waals surface area contributed by atoms with Crippen LogP contribution in [0.5, 0.6) is 11.5 Å². The van der Waals surface area contributed by atoms with Gasteiger partial charge in [-0.25, -0.2) is 0 Å². The first-order valence-electron chi connectivity index (χ1n) is 9.25. The van der Waals surface area contributed by atoms with Crippen LogP contribution in [0.4, 0.5) is 0 Å². The number of aliphatic hydroxyl groups excluding tert-OH is 1. The Labute approximate surface area is 154 Å². The molecule has 2 saturated heterocycles. The second-order valence-corrected chi connectivity index (χ2v) is 7.95. The first kappa shape index (κ1) is 18.8. The van der Waals surface area contributed by atoms with E-state index in [1.165, 1.54) is 12.5 Å². The molecule has 0 aromatic heterocycles. The maximum atomic E-state index is 10.3. The second kappa shape index (κ2) is 8.58. The standard InChI is InChI=1S/C19H29ClN2O3/c20-9-19(25)18-11-22-15(4-13-5-16(23)8-17(24)6-13)7-14(18)3-12-1-2-21-10-12/h5-6,8,12,14-15,18-19,21-25H,1-4,7,9-11H2. The van der Waals surface area contributed by atoms with Gasteiger partial charge in [0.25, 0.3) is 0 Å². The number of aromatic hydroxyl groups is 2. The van der Waals surface area contributed by atoms with E-state index in [9.17, 15) is 15.3 Å². The molecule has 2 aliphatic heterocycles. The summed E-state index contributed by atoms with van der Waals surface area (Å²) in [4.78, 5) is 0. The molecule has 1 aromatic carbocycles. The van der Waals surface area contributed by atoms with Gasteiger partial charge in [0, 0.05) is 30.5 Å². The first-order valence-corrected chi connectivity index (χ1v) is 9.78. The Balaban J connectivity index is 1.66. The van der Waals surface area contributed by atoms with Gasteiger partial charge in [-0.2, -0.15) is 0 Å². The van der Waals surface area contributed by atoms with E-state index >= 15 is 0 Å². The summed E-state index contributed by atoms with van der Waals surface area (Å²) in [5.74, 6) is 1.77. The van der Waals surface area contributed by atoms with Crippen molar-refractivity contribution in [3.05, 3.63) is 23.8 Å². The zero-order chi connectivity index (χ0) is 17.8. The third-order valence-corrected chi connectivity index (χ3v) is 6.05. The Hall–Kier alpha value is -1.01. The van der Waals surface area contributed by atoms with Crippen molar-refractivity contribution in [3.63, 3.8) is 0 Å². The molecular formula is C19H29ClN2O3. The maximum absolute atomic E-state index is 10.3. The number of piperidine rings is 1. The van der Waals surface area contributed by atoms with Gasteiger partial charge in [0.05, 0.1) is 6.10 Å². The molecule has 2 heterocycles. The number of benzene rings is 1. The molecule has 140 valence electrons. The van der Waals surface area contributed by atoms with Crippen LogP contribution >= 0.6 is 11.6 Å². The van der Waals surface area contributed by atoms with Crippen LogP contribution in [-0.4, -0.2) is 53.0 Å². The number of rotatable bonds is 6. The third-order valence-electron chi connectivity index (χ3n) is 5.73. The number of phenols is 2. The number of halogens is 1. The summed E-state index contributed by atoms with van der Waals surface area (Å²) in [6, 6.07) is 5.04. The van der Waals surface area contributed by atoms with Gasteiger partial charge in [-0.15, -0.1) is 11.6 Å². The average Bonchev–Trinajstić information content (AvgIpc) is 3.06. The number of aliphatic hydroxyl groups is 1. The second-order valence-electron chi connectivity index (χ2n) is 7.64. The minimum Gasteiger partial charge on any atom is -0.508 e. The molecule has 3 rings (SSSR count). The van der Waals surface area contributed by atoms with Gasteiger partial charge in [-0.1, -0.05) is 0 Å². The van der Waals surface area contributed by atoms with Gasteiger partial charge < -0.3 is 26.0 Å². The molecule has 2 aliphatic rings. The molecule has 0 saturated carbocycles. The predicted octanol–water partition coefficient (Wildman–Crippen LogP) is 1.83. The van der Waals surface area contributed by atoms with Gasteiger partial charge in [0.15, 0.2) is 0 Å². The summed E-state index contributed by atoms with van der Waals surface area (Å²) >= 11 is 5.92. The monoisotopic (exact) mass is 368 g/mol. The fourth-order valence-electron chi connectivity index (χ4n) is 4.49. The largest absolute Gasteiger partial charge is 0.508 e. The average molecular weight is 369 g/mol. The normalized spacial score (nSPS) is 31.1. The van der Waals surface area contributed by atoms with Crippen LogP contribution in [0.2, 0.25) is 0 Å². The van der Waals surface area contributed by atoms with E-state index in [0.29, 0.717) is 11.8 Å². The maximum Gasteiger partial charge on any atom is 0.119 e. The van der Waals surface area contributed by atoms with E-state index in [1.807, 2.05) is 0 Å². The lowest BCUT2D eigenvalue weighted by Gasteiger charge is -2.40. The Bertz CT molecular complexity index is 545. The zero-order valence-electron chi connectivity index (χ0n) is 14.5. The van der Waals surface area contributed by atoms with Gasteiger partial charge >= 0.3 is 0 Å². The third kappa shape index (κ3) is 5.00. The van der Waals surface area contributed by atoms with Crippen molar-refractivity contribution in [2.45, 2.75) is 37.8 Å². The number of hydrogen-bond donors (Lipinski definition) is 5. The summed E-state index contributed by atoms with van der Waals surface area (Å²) in [5.41, 5.74) is 0.924. The van der Waals surface area contributed by atoms with Crippen LogP contribution in [-0.2, 0) is 6.42 Å². The predicted molar refractivity (Wildman–Crippen MR) is 99.2 cm³/mol. The summed E-state index contributed by atoms with van der Waals surface area (Å²) in [6.07, 6.45) is 3.59. The fraction of sp³-hybridized carbons (Fsp3) is 0.684. The zero-order valence-corrected chi connectivity index (χ0v) is 15.3. The van der Waals surface area contributed by atoms with Crippen molar-refractivity contribution >= 4 is 11.6 Å². The Morgan fingerprint density at radius 2 is 1.92 bits per heavy atom. The van der Waals surface area contributed by atoms with Gasteiger partial charge in [0.2, 0.25) is 0 Å². The number of nitrogens with one attached hydrogen (secondary N) is 2. The van der Waals surface area contributed by atoms with E-state index in [0.717, 1.165) is 44.5 Å². The van der Waals surface area contributed by atoms with Crippen LogP contribution in [0.1, 0.15) is 24.8 Å². The highest BCUT2D eigenvalue weighted by Gasteiger charge is 2.36. The van der Waals surface area contributed by atoms with E-state index in [4.69, 9.17) is 11.6 Å². The molecule has 0 spiro atoms. The van der Waals surface area contributed by atoms with Crippen molar-refractivity contribution in [2.24, 2.45) is 17.8 Å². The molecule has 0 bridgehead atoms. The molecule has 5 unspecified atom stereocenters. The molecule has 0 amide bonds. The molecular weight excluding hydrogens is 340 g/mol. The Kier molecular flexibility index (Phi) is 6.44. The molecule has 2 fully saturated rings. The lowest BCUT2D eigenvalue weighted by molar-refractivity contribution is 0.0510. The molecule has 0 radical (unpaired) electrons. The number of phenolic OH excluding ortho intramolecular Hbond substituents is 2. The summed E-state index contributed by atoms with van der Waals surface area (Å²) in [6.45, 7) is 2.91. The Morgan fingerprint density at radius 1 is 1.16 bits per heavy atom. The quantitative estimate of drug-likeness (QED) is 0.495. The van der Waals surface area contributed by atoms with Crippen molar-refractivity contribution < 1.29 is 15.3 Å². The van der Waals surface area contributed by atoms with Crippen LogP contribution in [0.15, 0.2) is 18.2 Å². The molecule has 5 atom stereocenters. The van der Waals surface area contributed by atoms with Gasteiger partial charge in [-0.05, 0) is 68.3 Å². The van der Waals surface area contributed by atoms with Crippen molar-refractivity contribution in [1.82, 2.24) is 10.6 Å². The van der Waals surface area contributed by atoms with Crippen molar-refractivity contribution in [2.75, 3.05) is 25.5 Å². The molecule has 5 N–H and O–H groups in total. The molecule has 0 aliphatic carbocycles. The van der Waals surface area contributed by atoms with Crippen LogP contribution < -0.4 is 10.6 Å². The van der Waals surface area contributed by atoms with Crippen LogP contribution in [0, 0.1) is 17.8 Å². The lowest BCUT2D eigenvalue weighted by atomic mass is 9.74. The van der Waals surface area contributed by atoms with E-state index < -0.39 is 6.10 Å². The fourth-order valence-corrected chi connectivity index (χ4v) is 4.72. The van der Waals surface area contributed by atoms with Crippen molar-refractivity contribution in [1.29, 1.82) is 0 Å². The summed E-state index contributed by atoms with van der Waals surface area (Å²) < 4.78 is 0. The highest BCUT2D eigenvalue weighted by Crippen LogP contribution is 2.34. The molecule has 25 heavy (non-hydrogen) atoms. The minimum atomic E-state index is -0.473. The van der Waals surface area contributed by atoms with Gasteiger partial charge in [-0.3, -0.25) is 0 Å². The van der Waals surface area contributed by atoms with Gasteiger partial charge in [0.1, 0.15) is 11.5 Å². The number of hydrogen-bond acceptors (Lipinski definition) is 5. The highest BCUT2D eigenvalue weighted by atomic mass is 35.5. The van der Waals surface area contributed by atoms with E-state index in [-0.39, 0.29) is 29.3 Å². The first-order chi connectivity index (χ1) is 12.0. The van der Waals surface area contributed by atoms with E-state index in [1.54, 1.807) is 12.1 Å². The lowest BCUT2D eigenvalue weighted by Crippen LogP contribution is -2.49. The topological polar surface area (TPSA) is 84.8 Å². The molecule has 6 heteroatoms. The summed E-state index contributed by atoms with van der Waals surface area (Å²) in [5, 5.41) is 36.6. The van der Waals surface area contributed by atoms with Crippen LogP contribution in [0.3, 0.4) is 0 Å². The van der Waals surface area contributed by atoms with Crippen molar-refractivity contribution in [3.8, 4) is 11.5 Å². The molecule has 1 aromatic rings. The SMILES string of the molecule is Oc1cc(O)cc(CC2CC(CC3CCNC3)C(C(O)CCl)CN2)c1. The molecule has 5 nitrogen and oxygen atoms in total. The minimum absolute atomic E-state index is 0.0924. The van der Waals surface area contributed by atoms with E-state index in [2.05, 4.69) is 10.6 Å². The highest BCUT2D eigenvalue weighted by molar-refractivity contribution is 6.18.